The molecule has 0 spiro atoms. The number of nitrogens with two attached hydrogens (primary N) is 1. The molecule has 3 rings (SSSR count). The van der Waals surface area contributed by atoms with Gasteiger partial charge in [-0.15, -0.1) is 0 Å². The van der Waals surface area contributed by atoms with E-state index in [4.69, 9.17) is 17.3 Å². The van der Waals surface area contributed by atoms with Crippen molar-refractivity contribution < 1.29 is 17.4 Å². The summed E-state index contributed by atoms with van der Waals surface area (Å²) >= 11 is 5.60. The molecule has 2 atom stereocenters. The molecule has 2 heterocycles. The normalized spacial score (nSPS) is 20.6. The van der Waals surface area contributed by atoms with E-state index in [0.29, 0.717) is 0 Å². The zero-order valence-corrected chi connectivity index (χ0v) is 15.4. The van der Waals surface area contributed by atoms with Gasteiger partial charge in [0.05, 0.1) is 24.2 Å². The number of guanidine groups is 1. The van der Waals surface area contributed by atoms with Crippen LogP contribution in [0.1, 0.15) is 22.9 Å². The van der Waals surface area contributed by atoms with Gasteiger partial charge in [-0.05, 0) is 23.8 Å². The summed E-state index contributed by atoms with van der Waals surface area (Å²) in [5, 5.41) is 0.0902. The predicted octanol–water partition coefficient (Wildman–Crippen LogP) is 2.84. The SMILES string of the molecule is CN1C(N)=NC(c2cc(/C=C(\F)c3cnc(Cl)cn3)cc(F)c2F)CS1=O. The van der Waals surface area contributed by atoms with Crippen molar-refractivity contribution in [2.24, 2.45) is 10.7 Å². The van der Waals surface area contributed by atoms with Crippen LogP contribution in [0.3, 0.4) is 0 Å². The number of aromatic nitrogens is 2. The van der Waals surface area contributed by atoms with Crippen LogP contribution >= 0.6 is 11.6 Å². The summed E-state index contributed by atoms with van der Waals surface area (Å²) in [5.41, 5.74) is 5.42. The van der Waals surface area contributed by atoms with Gasteiger partial charge in [-0.2, -0.15) is 0 Å². The number of benzene rings is 1. The van der Waals surface area contributed by atoms with Gasteiger partial charge in [0.2, 0.25) is 5.96 Å². The molecule has 2 unspecified atom stereocenters. The van der Waals surface area contributed by atoms with Gasteiger partial charge in [-0.25, -0.2) is 32.3 Å². The van der Waals surface area contributed by atoms with Crippen LogP contribution < -0.4 is 5.73 Å². The van der Waals surface area contributed by atoms with Gasteiger partial charge in [0.15, 0.2) is 17.5 Å². The molecule has 1 aliphatic rings. The predicted molar refractivity (Wildman–Crippen MR) is 97.5 cm³/mol. The van der Waals surface area contributed by atoms with E-state index >= 15 is 0 Å². The van der Waals surface area contributed by atoms with Gasteiger partial charge in [0.1, 0.15) is 21.8 Å². The van der Waals surface area contributed by atoms with Crippen molar-refractivity contribution in [3.63, 3.8) is 0 Å². The first-order valence-electron chi connectivity index (χ1n) is 7.56. The van der Waals surface area contributed by atoms with Crippen LogP contribution in [-0.2, 0) is 11.0 Å². The molecular formula is C16H13ClF3N5OS. The van der Waals surface area contributed by atoms with Crippen molar-refractivity contribution in [3.05, 3.63) is 58.1 Å². The van der Waals surface area contributed by atoms with Gasteiger partial charge in [0, 0.05) is 12.6 Å². The molecule has 0 saturated carbocycles. The Hall–Kier alpha value is -2.46. The third-order valence-corrected chi connectivity index (χ3v) is 5.41. The summed E-state index contributed by atoms with van der Waals surface area (Å²) in [4.78, 5) is 11.5. The molecule has 2 aromatic rings. The second-order valence-electron chi connectivity index (χ2n) is 5.61. The minimum Gasteiger partial charge on any atom is -0.369 e. The Morgan fingerprint density at radius 2 is 2.11 bits per heavy atom. The van der Waals surface area contributed by atoms with Crippen LogP contribution in [0.5, 0.6) is 0 Å². The number of aliphatic imine (C=N–C) groups is 1. The molecule has 1 aromatic heterocycles. The maximum absolute atomic E-state index is 14.3. The van der Waals surface area contributed by atoms with Crippen molar-refractivity contribution in [2.45, 2.75) is 6.04 Å². The summed E-state index contributed by atoms with van der Waals surface area (Å²) in [6.07, 6.45) is 3.25. The van der Waals surface area contributed by atoms with Gasteiger partial charge >= 0.3 is 0 Å². The van der Waals surface area contributed by atoms with E-state index in [0.717, 1.165) is 24.5 Å². The first-order valence-corrected chi connectivity index (χ1v) is 9.21. The van der Waals surface area contributed by atoms with Crippen molar-refractivity contribution in [1.29, 1.82) is 0 Å². The van der Waals surface area contributed by atoms with Crippen molar-refractivity contribution in [1.82, 2.24) is 14.3 Å². The Morgan fingerprint density at radius 3 is 2.74 bits per heavy atom. The fourth-order valence-electron chi connectivity index (χ4n) is 2.40. The van der Waals surface area contributed by atoms with E-state index in [2.05, 4.69) is 15.0 Å². The highest BCUT2D eigenvalue weighted by Gasteiger charge is 2.28. The molecule has 0 amide bonds. The molecule has 142 valence electrons. The molecule has 11 heteroatoms. The number of rotatable bonds is 3. The topological polar surface area (TPSA) is 84.5 Å². The Kier molecular flexibility index (Phi) is 5.47. The Morgan fingerprint density at radius 1 is 1.37 bits per heavy atom. The largest absolute Gasteiger partial charge is 0.369 e. The maximum Gasteiger partial charge on any atom is 0.203 e. The molecule has 0 bridgehead atoms. The van der Waals surface area contributed by atoms with Gasteiger partial charge < -0.3 is 5.73 Å². The van der Waals surface area contributed by atoms with E-state index in [1.54, 1.807) is 0 Å². The summed E-state index contributed by atoms with van der Waals surface area (Å²) in [6.45, 7) is 0. The molecule has 2 N–H and O–H groups in total. The third kappa shape index (κ3) is 4.11. The number of halogens is 4. The van der Waals surface area contributed by atoms with Crippen molar-refractivity contribution in [2.75, 3.05) is 12.8 Å². The summed E-state index contributed by atoms with van der Waals surface area (Å²) in [7, 11) is -0.0657. The van der Waals surface area contributed by atoms with Crippen LogP contribution in [0.2, 0.25) is 5.15 Å². The molecule has 0 aliphatic carbocycles. The quantitative estimate of drug-likeness (QED) is 0.835. The number of hydrogen-bond donors (Lipinski definition) is 1. The van der Waals surface area contributed by atoms with Crippen molar-refractivity contribution in [3.8, 4) is 0 Å². The summed E-state index contributed by atoms with van der Waals surface area (Å²) < 4.78 is 55.9. The first-order chi connectivity index (χ1) is 12.8. The van der Waals surface area contributed by atoms with E-state index in [9.17, 15) is 17.4 Å². The van der Waals surface area contributed by atoms with Gasteiger partial charge in [0.25, 0.3) is 0 Å². The average Bonchev–Trinajstić information content (AvgIpc) is 2.62. The zero-order chi connectivity index (χ0) is 19.7. The fraction of sp³-hybridized carbons (Fsp3) is 0.188. The standard InChI is InChI=1S/C16H13ClF3N5OS/c1-25-16(21)24-13(7-27(25)26)9-2-8(4-11(19)15(9)20)3-10(18)12-5-23-14(17)6-22-12/h2-6,13H,7H2,1H3,(H2,21,24)/b10-3-. The van der Waals surface area contributed by atoms with Crippen molar-refractivity contribution >= 4 is 40.4 Å². The Balaban J connectivity index is 2.01. The molecular weight excluding hydrogens is 403 g/mol. The highest BCUT2D eigenvalue weighted by Crippen LogP contribution is 2.29. The lowest BCUT2D eigenvalue weighted by atomic mass is 10.0. The second-order valence-corrected chi connectivity index (χ2v) is 7.52. The zero-order valence-electron chi connectivity index (χ0n) is 13.9. The molecule has 0 radical (unpaired) electrons. The van der Waals surface area contributed by atoms with Gasteiger partial charge in [-0.3, -0.25) is 4.31 Å². The second kappa shape index (κ2) is 7.65. The van der Waals surface area contributed by atoms with E-state index in [-0.39, 0.29) is 33.7 Å². The van der Waals surface area contributed by atoms with Gasteiger partial charge in [-0.1, -0.05) is 11.6 Å². The van der Waals surface area contributed by atoms with E-state index < -0.39 is 34.5 Å². The maximum atomic E-state index is 14.3. The van der Waals surface area contributed by atoms with Crippen LogP contribution in [0, 0.1) is 11.6 Å². The number of nitrogens with zero attached hydrogens (tertiary/aromatic N) is 4. The Bertz CT molecular complexity index is 967. The molecule has 0 saturated heterocycles. The lowest BCUT2D eigenvalue weighted by Crippen LogP contribution is -2.41. The van der Waals surface area contributed by atoms with Crippen LogP contribution in [0.25, 0.3) is 11.9 Å². The van der Waals surface area contributed by atoms with E-state index in [1.165, 1.54) is 17.4 Å². The van der Waals surface area contributed by atoms with E-state index in [1.807, 2.05) is 0 Å². The third-order valence-electron chi connectivity index (χ3n) is 3.81. The van der Waals surface area contributed by atoms with Crippen LogP contribution in [-0.4, -0.2) is 37.2 Å². The smallest absolute Gasteiger partial charge is 0.203 e. The lowest BCUT2D eigenvalue weighted by molar-refractivity contribution is 0.490. The number of hydrogen-bond acceptors (Lipinski definition) is 5. The lowest BCUT2D eigenvalue weighted by Gasteiger charge is -2.26. The molecule has 6 nitrogen and oxygen atoms in total. The highest BCUT2D eigenvalue weighted by atomic mass is 35.5. The minimum absolute atomic E-state index is 0.0385. The summed E-state index contributed by atoms with van der Waals surface area (Å²) in [5.74, 6) is -3.29. The van der Waals surface area contributed by atoms with Crippen LogP contribution in [0.4, 0.5) is 13.2 Å². The molecule has 27 heavy (non-hydrogen) atoms. The molecule has 1 aromatic carbocycles. The minimum atomic E-state index is -1.54. The molecule has 0 fully saturated rings. The first kappa shape index (κ1) is 19.3. The molecule has 1 aliphatic heterocycles. The van der Waals surface area contributed by atoms with Crippen LogP contribution in [0.15, 0.2) is 29.5 Å². The monoisotopic (exact) mass is 415 g/mol. The fourth-order valence-corrected chi connectivity index (χ4v) is 3.50. The Labute approximate surface area is 160 Å². The average molecular weight is 416 g/mol. The summed E-state index contributed by atoms with van der Waals surface area (Å²) in [6, 6.07) is 1.11. The highest BCUT2D eigenvalue weighted by molar-refractivity contribution is 7.83.